The summed E-state index contributed by atoms with van der Waals surface area (Å²) in [6.45, 7) is 15.0. The van der Waals surface area contributed by atoms with Crippen LogP contribution in [0, 0.1) is 17.3 Å². The number of halogens is 1. The first-order valence-electron chi connectivity index (χ1n) is 13.6. The van der Waals surface area contributed by atoms with Crippen molar-refractivity contribution in [2.24, 2.45) is 17.3 Å². The Labute approximate surface area is 232 Å². The summed E-state index contributed by atoms with van der Waals surface area (Å²) in [7, 11) is 0. The van der Waals surface area contributed by atoms with Crippen molar-refractivity contribution >= 4 is 29.5 Å². The number of likely N-dealkylation sites (tertiary alicyclic amines) is 2. The van der Waals surface area contributed by atoms with E-state index >= 15 is 0 Å². The van der Waals surface area contributed by atoms with Crippen LogP contribution in [-0.4, -0.2) is 70.6 Å². The lowest BCUT2D eigenvalue weighted by Gasteiger charge is -2.51. The molecule has 3 unspecified atom stereocenters. The number of hydrogen-bond donors (Lipinski definition) is 2. The Bertz CT molecular complexity index is 1020. The number of rotatable bonds is 6. The molecule has 2 heterocycles. The second-order valence-electron chi connectivity index (χ2n) is 12.8. The zero-order valence-corrected chi connectivity index (χ0v) is 24.6. The van der Waals surface area contributed by atoms with Gasteiger partial charge >= 0.3 is 6.09 Å². The van der Waals surface area contributed by atoms with Crippen LogP contribution in [0.2, 0.25) is 5.02 Å². The van der Waals surface area contributed by atoms with Gasteiger partial charge in [-0.05, 0) is 63.1 Å². The van der Waals surface area contributed by atoms with Gasteiger partial charge in [0.15, 0.2) is 0 Å². The molecule has 0 bridgehead atoms. The molecule has 0 aromatic heterocycles. The maximum atomic E-state index is 13.6. The van der Waals surface area contributed by atoms with E-state index < -0.39 is 22.7 Å². The standard InChI is InChI=1S/C29H44ClN3O5/c1-19(2)24(31-23(34)16-20-12-14-32(17-20)26(36)38-27(3,4)5)25(35)33-15-13-29(37,28(6,7)18-33)21-8-10-22(30)11-9-21/h8-11,19-20,24,37H,12-18H2,1-7H3,(H,31,34). The van der Waals surface area contributed by atoms with Crippen LogP contribution in [0.4, 0.5) is 4.79 Å². The molecule has 2 aliphatic rings. The van der Waals surface area contributed by atoms with Crippen molar-refractivity contribution in [1.82, 2.24) is 15.1 Å². The molecule has 212 valence electrons. The van der Waals surface area contributed by atoms with Gasteiger partial charge in [-0.2, -0.15) is 0 Å². The highest BCUT2D eigenvalue weighted by molar-refractivity contribution is 6.30. The highest BCUT2D eigenvalue weighted by atomic mass is 35.5. The molecule has 9 heteroatoms. The van der Waals surface area contributed by atoms with E-state index in [1.807, 2.05) is 60.6 Å². The van der Waals surface area contributed by atoms with E-state index in [0.29, 0.717) is 37.6 Å². The molecule has 3 atom stereocenters. The molecule has 2 aliphatic heterocycles. The highest BCUT2D eigenvalue weighted by Gasteiger charge is 2.50. The second kappa shape index (κ2) is 11.4. The topological polar surface area (TPSA) is 99.2 Å². The largest absolute Gasteiger partial charge is 0.444 e. The molecule has 3 amide bonds. The van der Waals surface area contributed by atoms with Crippen LogP contribution in [0.5, 0.6) is 0 Å². The van der Waals surface area contributed by atoms with Crippen molar-refractivity contribution in [2.45, 2.75) is 85.0 Å². The molecule has 2 fully saturated rings. The van der Waals surface area contributed by atoms with Crippen molar-refractivity contribution < 1.29 is 24.2 Å². The summed E-state index contributed by atoms with van der Waals surface area (Å²) < 4.78 is 5.45. The summed E-state index contributed by atoms with van der Waals surface area (Å²) in [6, 6.07) is 6.55. The van der Waals surface area contributed by atoms with Gasteiger partial charge in [0, 0.05) is 43.0 Å². The Morgan fingerprint density at radius 3 is 2.32 bits per heavy atom. The molecule has 1 aromatic carbocycles. The molecular formula is C29H44ClN3O5. The average molecular weight is 550 g/mol. The molecule has 0 spiro atoms. The Hall–Kier alpha value is -2.32. The minimum Gasteiger partial charge on any atom is -0.444 e. The minimum absolute atomic E-state index is 0.0220. The molecule has 38 heavy (non-hydrogen) atoms. The Morgan fingerprint density at radius 1 is 1.13 bits per heavy atom. The van der Waals surface area contributed by atoms with Crippen molar-refractivity contribution in [2.75, 3.05) is 26.2 Å². The lowest BCUT2D eigenvalue weighted by molar-refractivity contribution is -0.156. The first-order chi connectivity index (χ1) is 17.5. The van der Waals surface area contributed by atoms with Crippen LogP contribution >= 0.6 is 11.6 Å². The predicted molar refractivity (Wildman–Crippen MR) is 148 cm³/mol. The number of piperidine rings is 1. The molecular weight excluding hydrogens is 506 g/mol. The van der Waals surface area contributed by atoms with E-state index in [4.69, 9.17) is 16.3 Å². The monoisotopic (exact) mass is 549 g/mol. The zero-order valence-electron chi connectivity index (χ0n) is 23.8. The molecule has 0 aliphatic carbocycles. The third kappa shape index (κ3) is 7.00. The first-order valence-corrected chi connectivity index (χ1v) is 13.9. The van der Waals surface area contributed by atoms with Crippen LogP contribution in [-0.2, 0) is 19.9 Å². The molecule has 0 saturated carbocycles. The van der Waals surface area contributed by atoms with E-state index in [1.54, 1.807) is 21.9 Å². The number of ether oxygens (including phenoxy) is 1. The number of hydrogen-bond acceptors (Lipinski definition) is 5. The van der Waals surface area contributed by atoms with Crippen LogP contribution in [0.15, 0.2) is 24.3 Å². The lowest BCUT2D eigenvalue weighted by Crippen LogP contribution is -2.60. The van der Waals surface area contributed by atoms with Gasteiger partial charge in [0.2, 0.25) is 11.8 Å². The fourth-order valence-corrected chi connectivity index (χ4v) is 5.59. The number of amides is 3. The molecule has 8 nitrogen and oxygen atoms in total. The summed E-state index contributed by atoms with van der Waals surface area (Å²) >= 11 is 6.04. The first kappa shape index (κ1) is 30.2. The number of aliphatic hydroxyl groups is 1. The van der Waals surface area contributed by atoms with Gasteiger partial charge in [0.25, 0.3) is 0 Å². The highest BCUT2D eigenvalue weighted by Crippen LogP contribution is 2.46. The minimum atomic E-state index is -1.10. The second-order valence-corrected chi connectivity index (χ2v) is 13.3. The van der Waals surface area contributed by atoms with Crippen molar-refractivity contribution in [1.29, 1.82) is 0 Å². The van der Waals surface area contributed by atoms with E-state index in [1.165, 1.54) is 0 Å². The van der Waals surface area contributed by atoms with Gasteiger partial charge in [-0.15, -0.1) is 0 Å². The van der Waals surface area contributed by atoms with Crippen molar-refractivity contribution in [3.8, 4) is 0 Å². The molecule has 3 rings (SSSR count). The van der Waals surface area contributed by atoms with Crippen LogP contribution in [0.1, 0.15) is 73.3 Å². The van der Waals surface area contributed by atoms with Crippen LogP contribution in [0.25, 0.3) is 0 Å². The van der Waals surface area contributed by atoms with Crippen LogP contribution < -0.4 is 5.32 Å². The van der Waals surface area contributed by atoms with Gasteiger partial charge in [-0.1, -0.05) is 51.4 Å². The van der Waals surface area contributed by atoms with Gasteiger partial charge in [-0.25, -0.2) is 4.79 Å². The van der Waals surface area contributed by atoms with Gasteiger partial charge < -0.3 is 25.0 Å². The predicted octanol–water partition coefficient (Wildman–Crippen LogP) is 4.57. The fraction of sp³-hybridized carbons (Fsp3) is 0.690. The van der Waals surface area contributed by atoms with Crippen LogP contribution in [0.3, 0.4) is 0 Å². The number of nitrogens with one attached hydrogen (secondary N) is 1. The number of carbonyl (C=O) groups excluding carboxylic acids is 3. The number of carbonyl (C=O) groups is 3. The smallest absolute Gasteiger partial charge is 0.410 e. The lowest BCUT2D eigenvalue weighted by atomic mass is 9.66. The third-order valence-electron chi connectivity index (χ3n) is 7.74. The number of nitrogens with zero attached hydrogens (tertiary/aromatic N) is 2. The fourth-order valence-electron chi connectivity index (χ4n) is 5.47. The average Bonchev–Trinajstić information content (AvgIpc) is 3.26. The molecule has 1 aromatic rings. The van der Waals surface area contributed by atoms with E-state index in [9.17, 15) is 19.5 Å². The SMILES string of the molecule is CC(C)C(NC(=O)CC1CCN(C(=O)OC(C)(C)C)C1)C(=O)N1CCC(O)(c2ccc(Cl)cc2)C(C)(C)C1. The van der Waals surface area contributed by atoms with E-state index in [0.717, 1.165) is 12.0 Å². The number of benzene rings is 1. The summed E-state index contributed by atoms with van der Waals surface area (Å²) in [5, 5.41) is 15.2. The van der Waals surface area contributed by atoms with E-state index in [-0.39, 0.29) is 36.2 Å². The summed E-state index contributed by atoms with van der Waals surface area (Å²) in [6.07, 6.45) is 0.991. The Kier molecular flexibility index (Phi) is 9.09. The Morgan fingerprint density at radius 2 is 1.76 bits per heavy atom. The maximum Gasteiger partial charge on any atom is 0.410 e. The summed E-state index contributed by atoms with van der Waals surface area (Å²) in [4.78, 5) is 42.4. The third-order valence-corrected chi connectivity index (χ3v) is 8.00. The molecule has 0 radical (unpaired) electrons. The van der Waals surface area contributed by atoms with Gasteiger partial charge in [0.1, 0.15) is 11.6 Å². The van der Waals surface area contributed by atoms with Gasteiger partial charge in [-0.3, -0.25) is 9.59 Å². The summed E-state index contributed by atoms with van der Waals surface area (Å²) in [5.74, 6) is -0.411. The Balaban J connectivity index is 1.60. The normalized spacial score (nSPS) is 24.3. The van der Waals surface area contributed by atoms with E-state index in [2.05, 4.69) is 5.32 Å². The van der Waals surface area contributed by atoms with Gasteiger partial charge in [0.05, 0.1) is 5.60 Å². The molecule has 2 saturated heterocycles. The van der Waals surface area contributed by atoms with Crippen molar-refractivity contribution in [3.63, 3.8) is 0 Å². The zero-order chi connectivity index (χ0) is 28.5. The molecule has 2 N–H and O–H groups in total. The maximum absolute atomic E-state index is 13.6. The summed E-state index contributed by atoms with van der Waals surface area (Å²) in [5.41, 5.74) is -1.50. The quantitative estimate of drug-likeness (QED) is 0.541. The van der Waals surface area contributed by atoms with Crippen molar-refractivity contribution in [3.05, 3.63) is 34.9 Å².